The van der Waals surface area contributed by atoms with Crippen LogP contribution in [0.2, 0.25) is 0 Å². The highest BCUT2D eigenvalue weighted by molar-refractivity contribution is 5.72. The normalized spacial score (nSPS) is 28.3. The van der Waals surface area contributed by atoms with Crippen LogP contribution in [0.3, 0.4) is 0 Å². The molecule has 0 aromatic heterocycles. The van der Waals surface area contributed by atoms with E-state index in [0.29, 0.717) is 12.8 Å². The van der Waals surface area contributed by atoms with Crippen LogP contribution in [0.5, 0.6) is 0 Å². The number of hydrogen-bond donors (Lipinski definition) is 1. The van der Waals surface area contributed by atoms with Crippen molar-refractivity contribution in [3.63, 3.8) is 0 Å². The van der Waals surface area contributed by atoms with E-state index in [-0.39, 0.29) is 12.3 Å². The van der Waals surface area contributed by atoms with E-state index in [4.69, 9.17) is 5.11 Å². The van der Waals surface area contributed by atoms with Gasteiger partial charge in [-0.1, -0.05) is 12.8 Å². The third kappa shape index (κ3) is 2.72. The van der Waals surface area contributed by atoms with Crippen molar-refractivity contribution < 1.29 is 19.8 Å². The molecule has 1 N–H and O–H groups in total. The Kier molecular flexibility index (Phi) is 3.28. The summed E-state index contributed by atoms with van der Waals surface area (Å²) in [7, 11) is 0. The number of carboxylic acids is 2. The van der Waals surface area contributed by atoms with E-state index in [2.05, 4.69) is 0 Å². The lowest BCUT2D eigenvalue weighted by molar-refractivity contribution is -0.307. The van der Waals surface area contributed by atoms with Crippen molar-refractivity contribution >= 4 is 11.9 Å². The molecule has 0 heterocycles. The molecule has 2 atom stereocenters. The third-order valence-electron chi connectivity index (χ3n) is 2.66. The molecule has 2 unspecified atom stereocenters. The molecule has 0 amide bonds. The quantitative estimate of drug-likeness (QED) is 0.672. The Morgan fingerprint density at radius 2 is 1.92 bits per heavy atom. The first kappa shape index (κ1) is 10.0. The standard InChI is InChI=1S/C9H14O4/c10-8(11)5-6-3-1-2-4-7(6)9(12)13/h6-7H,1-5H2,(H,10,11)(H,12,13)/p-1. The van der Waals surface area contributed by atoms with Crippen LogP contribution in [-0.2, 0) is 9.59 Å². The highest BCUT2D eigenvalue weighted by Crippen LogP contribution is 2.32. The van der Waals surface area contributed by atoms with Gasteiger partial charge in [0, 0.05) is 5.97 Å². The van der Waals surface area contributed by atoms with Crippen LogP contribution in [0.1, 0.15) is 32.1 Å². The van der Waals surface area contributed by atoms with Crippen LogP contribution in [0.4, 0.5) is 0 Å². The van der Waals surface area contributed by atoms with Gasteiger partial charge in [0.15, 0.2) is 0 Å². The van der Waals surface area contributed by atoms with Gasteiger partial charge in [-0.2, -0.15) is 0 Å². The fourth-order valence-electron chi connectivity index (χ4n) is 1.99. The van der Waals surface area contributed by atoms with Crippen LogP contribution in [0.15, 0.2) is 0 Å². The fraction of sp³-hybridized carbons (Fsp3) is 0.778. The van der Waals surface area contributed by atoms with Gasteiger partial charge in [-0.05, 0) is 25.2 Å². The van der Waals surface area contributed by atoms with E-state index >= 15 is 0 Å². The highest BCUT2D eigenvalue weighted by atomic mass is 16.4. The summed E-state index contributed by atoms with van der Waals surface area (Å²) in [4.78, 5) is 21.1. The summed E-state index contributed by atoms with van der Waals surface area (Å²) in [6.45, 7) is 0. The predicted octanol–water partition coefficient (Wildman–Crippen LogP) is 0.0174. The molecule has 13 heavy (non-hydrogen) atoms. The predicted molar refractivity (Wildman–Crippen MR) is 42.7 cm³/mol. The zero-order valence-corrected chi connectivity index (χ0v) is 7.36. The largest absolute Gasteiger partial charge is 0.550 e. The van der Waals surface area contributed by atoms with Crippen molar-refractivity contribution in [2.45, 2.75) is 32.1 Å². The average molecular weight is 185 g/mol. The Morgan fingerprint density at radius 3 is 2.46 bits per heavy atom. The van der Waals surface area contributed by atoms with Gasteiger partial charge in [0.2, 0.25) is 0 Å². The average Bonchev–Trinajstić information content (AvgIpc) is 2.03. The van der Waals surface area contributed by atoms with Crippen molar-refractivity contribution in [3.05, 3.63) is 0 Å². The SMILES string of the molecule is O=C([O-])CC1CCCCC1C(=O)O. The summed E-state index contributed by atoms with van der Waals surface area (Å²) >= 11 is 0. The van der Waals surface area contributed by atoms with Crippen molar-refractivity contribution in [3.8, 4) is 0 Å². The zero-order chi connectivity index (χ0) is 9.84. The van der Waals surface area contributed by atoms with Gasteiger partial charge in [-0.15, -0.1) is 0 Å². The number of carbonyl (C=O) groups is 2. The first-order valence-corrected chi connectivity index (χ1v) is 4.54. The molecule has 74 valence electrons. The lowest BCUT2D eigenvalue weighted by Gasteiger charge is -2.28. The van der Waals surface area contributed by atoms with Gasteiger partial charge in [0.25, 0.3) is 0 Å². The summed E-state index contributed by atoms with van der Waals surface area (Å²) in [5.41, 5.74) is 0. The molecule has 0 spiro atoms. The second-order valence-electron chi connectivity index (χ2n) is 3.57. The molecule has 0 bridgehead atoms. The Balaban J connectivity index is 2.56. The maximum absolute atomic E-state index is 10.7. The van der Waals surface area contributed by atoms with Gasteiger partial charge >= 0.3 is 5.97 Å². The molecule has 0 saturated heterocycles. The summed E-state index contributed by atoms with van der Waals surface area (Å²) < 4.78 is 0. The van der Waals surface area contributed by atoms with Crippen molar-refractivity contribution in [1.29, 1.82) is 0 Å². The van der Waals surface area contributed by atoms with Crippen LogP contribution in [0, 0.1) is 11.8 Å². The van der Waals surface area contributed by atoms with Crippen LogP contribution < -0.4 is 5.11 Å². The van der Waals surface area contributed by atoms with Crippen LogP contribution in [-0.4, -0.2) is 17.0 Å². The minimum atomic E-state index is -1.14. The first-order chi connectivity index (χ1) is 6.11. The van der Waals surface area contributed by atoms with Gasteiger partial charge < -0.3 is 15.0 Å². The monoisotopic (exact) mass is 185 g/mol. The number of aliphatic carboxylic acids is 2. The minimum Gasteiger partial charge on any atom is -0.550 e. The first-order valence-electron chi connectivity index (χ1n) is 4.54. The Hall–Kier alpha value is -1.06. The van der Waals surface area contributed by atoms with Crippen molar-refractivity contribution in [2.24, 2.45) is 11.8 Å². The molecule has 0 aromatic carbocycles. The van der Waals surface area contributed by atoms with Crippen LogP contribution in [0.25, 0.3) is 0 Å². The van der Waals surface area contributed by atoms with Gasteiger partial charge in [0.05, 0.1) is 5.92 Å². The van der Waals surface area contributed by atoms with E-state index in [1.54, 1.807) is 0 Å². The van der Waals surface area contributed by atoms with Gasteiger partial charge in [-0.25, -0.2) is 0 Å². The maximum Gasteiger partial charge on any atom is 0.306 e. The molecule has 1 saturated carbocycles. The molecule has 1 aliphatic carbocycles. The van der Waals surface area contributed by atoms with E-state index in [1.165, 1.54) is 0 Å². The topological polar surface area (TPSA) is 77.4 Å². The maximum atomic E-state index is 10.7. The number of carboxylic acid groups (broad SMARTS) is 2. The summed E-state index contributed by atoms with van der Waals surface area (Å²) in [6.07, 6.45) is 3.01. The third-order valence-corrected chi connectivity index (χ3v) is 2.66. The number of rotatable bonds is 3. The molecular weight excluding hydrogens is 172 g/mol. The van der Waals surface area contributed by atoms with E-state index in [0.717, 1.165) is 12.8 Å². The number of hydrogen-bond acceptors (Lipinski definition) is 3. The molecule has 0 radical (unpaired) electrons. The molecule has 4 heteroatoms. The second-order valence-corrected chi connectivity index (χ2v) is 3.57. The molecule has 0 aliphatic heterocycles. The molecular formula is C9H13O4-. The smallest absolute Gasteiger partial charge is 0.306 e. The van der Waals surface area contributed by atoms with Gasteiger partial charge in [0.1, 0.15) is 0 Å². The summed E-state index contributed by atoms with van der Waals surface area (Å²) in [6, 6.07) is 0. The summed E-state index contributed by atoms with van der Waals surface area (Å²) in [5, 5.41) is 19.1. The van der Waals surface area contributed by atoms with Gasteiger partial charge in [-0.3, -0.25) is 4.79 Å². The Morgan fingerprint density at radius 1 is 1.31 bits per heavy atom. The Labute approximate surface area is 76.6 Å². The van der Waals surface area contributed by atoms with Crippen molar-refractivity contribution in [2.75, 3.05) is 0 Å². The minimum absolute atomic E-state index is 0.114. The lowest BCUT2D eigenvalue weighted by atomic mass is 9.77. The fourth-order valence-corrected chi connectivity index (χ4v) is 1.99. The highest BCUT2D eigenvalue weighted by Gasteiger charge is 2.30. The second kappa shape index (κ2) is 4.25. The zero-order valence-electron chi connectivity index (χ0n) is 7.36. The molecule has 1 fully saturated rings. The lowest BCUT2D eigenvalue weighted by Crippen LogP contribution is -2.33. The van der Waals surface area contributed by atoms with E-state index < -0.39 is 17.9 Å². The molecule has 1 aliphatic rings. The van der Waals surface area contributed by atoms with E-state index in [9.17, 15) is 14.7 Å². The molecule has 0 aromatic rings. The van der Waals surface area contributed by atoms with Crippen molar-refractivity contribution in [1.82, 2.24) is 0 Å². The summed E-state index contributed by atoms with van der Waals surface area (Å²) in [5.74, 6) is -2.72. The molecule has 1 rings (SSSR count). The number of carbonyl (C=O) groups excluding carboxylic acids is 1. The van der Waals surface area contributed by atoms with Crippen LogP contribution >= 0.6 is 0 Å². The molecule has 4 nitrogen and oxygen atoms in total. The Bertz CT molecular complexity index is 212. The van der Waals surface area contributed by atoms with E-state index in [1.807, 2.05) is 0 Å².